The van der Waals surface area contributed by atoms with E-state index in [1.807, 2.05) is 0 Å². The molecular weight excluding hydrogens is 196 g/mol. The Morgan fingerprint density at radius 3 is 2.25 bits per heavy atom. The van der Waals surface area contributed by atoms with Gasteiger partial charge in [0, 0.05) is 18.1 Å². The SMILES string of the molecule is CCC(C)CC(CC)NC1CCC(N)CC1. The molecule has 2 unspecified atom stereocenters. The van der Waals surface area contributed by atoms with Crippen molar-refractivity contribution in [3.05, 3.63) is 0 Å². The zero-order chi connectivity index (χ0) is 12.0. The van der Waals surface area contributed by atoms with Crippen LogP contribution in [0.1, 0.15) is 65.7 Å². The van der Waals surface area contributed by atoms with Gasteiger partial charge in [-0.05, 0) is 44.4 Å². The monoisotopic (exact) mass is 226 g/mol. The highest BCUT2D eigenvalue weighted by Crippen LogP contribution is 2.20. The highest BCUT2D eigenvalue weighted by atomic mass is 15.0. The van der Waals surface area contributed by atoms with Gasteiger partial charge in [0.1, 0.15) is 0 Å². The van der Waals surface area contributed by atoms with E-state index in [1.165, 1.54) is 44.9 Å². The van der Waals surface area contributed by atoms with Gasteiger partial charge in [0.25, 0.3) is 0 Å². The van der Waals surface area contributed by atoms with E-state index in [1.54, 1.807) is 0 Å². The fourth-order valence-corrected chi connectivity index (χ4v) is 2.62. The molecule has 2 nitrogen and oxygen atoms in total. The molecule has 1 aliphatic carbocycles. The first-order chi connectivity index (χ1) is 7.65. The summed E-state index contributed by atoms with van der Waals surface area (Å²) in [5, 5.41) is 3.84. The zero-order valence-corrected chi connectivity index (χ0v) is 11.3. The van der Waals surface area contributed by atoms with Crippen LogP contribution in [0.25, 0.3) is 0 Å². The minimum atomic E-state index is 0.465. The number of rotatable bonds is 6. The molecule has 2 atom stereocenters. The summed E-state index contributed by atoms with van der Waals surface area (Å²) in [4.78, 5) is 0. The predicted molar refractivity (Wildman–Crippen MR) is 71.5 cm³/mol. The molecule has 2 heteroatoms. The van der Waals surface area contributed by atoms with Gasteiger partial charge in [0.15, 0.2) is 0 Å². The molecule has 3 N–H and O–H groups in total. The molecule has 16 heavy (non-hydrogen) atoms. The first kappa shape index (κ1) is 14.0. The van der Waals surface area contributed by atoms with Crippen molar-refractivity contribution in [2.75, 3.05) is 0 Å². The molecule has 0 spiro atoms. The van der Waals surface area contributed by atoms with Gasteiger partial charge in [-0.1, -0.05) is 27.2 Å². The molecule has 0 aromatic rings. The molecule has 96 valence electrons. The maximum Gasteiger partial charge on any atom is 0.00708 e. The van der Waals surface area contributed by atoms with Gasteiger partial charge >= 0.3 is 0 Å². The molecule has 0 saturated heterocycles. The van der Waals surface area contributed by atoms with Gasteiger partial charge in [0.05, 0.1) is 0 Å². The Balaban J connectivity index is 2.27. The van der Waals surface area contributed by atoms with Crippen LogP contribution >= 0.6 is 0 Å². The molecule has 0 heterocycles. The highest BCUT2D eigenvalue weighted by molar-refractivity contribution is 4.82. The van der Waals surface area contributed by atoms with Crippen LogP contribution in [0.4, 0.5) is 0 Å². The Labute approximate surface area is 101 Å². The second kappa shape index (κ2) is 7.29. The molecule has 1 rings (SSSR count). The molecule has 0 aromatic carbocycles. The summed E-state index contributed by atoms with van der Waals surface area (Å²) < 4.78 is 0. The summed E-state index contributed by atoms with van der Waals surface area (Å²) in [6.45, 7) is 6.95. The van der Waals surface area contributed by atoms with Gasteiger partial charge in [-0.15, -0.1) is 0 Å². The summed E-state index contributed by atoms with van der Waals surface area (Å²) in [6.07, 6.45) is 8.85. The largest absolute Gasteiger partial charge is 0.328 e. The van der Waals surface area contributed by atoms with Crippen LogP contribution in [0.15, 0.2) is 0 Å². The van der Waals surface area contributed by atoms with Crippen molar-refractivity contribution in [3.8, 4) is 0 Å². The van der Waals surface area contributed by atoms with Gasteiger partial charge in [0.2, 0.25) is 0 Å². The summed E-state index contributed by atoms with van der Waals surface area (Å²) >= 11 is 0. The van der Waals surface area contributed by atoms with E-state index < -0.39 is 0 Å². The normalized spacial score (nSPS) is 30.0. The topological polar surface area (TPSA) is 38.0 Å². The minimum absolute atomic E-state index is 0.465. The quantitative estimate of drug-likeness (QED) is 0.730. The van der Waals surface area contributed by atoms with Crippen LogP contribution in [0.5, 0.6) is 0 Å². The lowest BCUT2D eigenvalue weighted by Crippen LogP contribution is -2.43. The molecule has 1 fully saturated rings. The lowest BCUT2D eigenvalue weighted by molar-refractivity contribution is 0.286. The Morgan fingerprint density at radius 2 is 1.75 bits per heavy atom. The summed E-state index contributed by atoms with van der Waals surface area (Å²) in [7, 11) is 0. The van der Waals surface area contributed by atoms with Crippen LogP contribution in [0.3, 0.4) is 0 Å². The lowest BCUT2D eigenvalue weighted by Gasteiger charge is -2.31. The Morgan fingerprint density at radius 1 is 1.12 bits per heavy atom. The Hall–Kier alpha value is -0.0800. The van der Waals surface area contributed by atoms with Crippen LogP contribution in [0, 0.1) is 5.92 Å². The third kappa shape index (κ3) is 4.84. The Bertz CT molecular complexity index is 174. The standard InChI is InChI=1S/C14H30N2/c1-4-11(3)10-13(5-2)16-14-8-6-12(15)7-9-14/h11-14,16H,4-10,15H2,1-3H3. The second-order valence-electron chi connectivity index (χ2n) is 5.63. The van der Waals surface area contributed by atoms with Crippen molar-refractivity contribution in [2.24, 2.45) is 11.7 Å². The van der Waals surface area contributed by atoms with Crippen molar-refractivity contribution in [2.45, 2.75) is 83.8 Å². The smallest absolute Gasteiger partial charge is 0.00708 e. The summed E-state index contributed by atoms with van der Waals surface area (Å²) in [6, 6.07) is 1.91. The van der Waals surface area contributed by atoms with Crippen LogP contribution in [0.2, 0.25) is 0 Å². The third-order valence-corrected chi connectivity index (χ3v) is 4.12. The third-order valence-electron chi connectivity index (χ3n) is 4.12. The van der Waals surface area contributed by atoms with Crippen molar-refractivity contribution < 1.29 is 0 Å². The molecule has 0 aliphatic heterocycles. The first-order valence-electron chi connectivity index (χ1n) is 7.17. The van der Waals surface area contributed by atoms with Crippen LogP contribution < -0.4 is 11.1 Å². The average molecular weight is 226 g/mol. The van der Waals surface area contributed by atoms with Crippen LogP contribution in [-0.2, 0) is 0 Å². The fraction of sp³-hybridized carbons (Fsp3) is 1.00. The van der Waals surface area contributed by atoms with E-state index in [4.69, 9.17) is 5.73 Å². The van der Waals surface area contributed by atoms with Crippen LogP contribution in [-0.4, -0.2) is 18.1 Å². The van der Waals surface area contributed by atoms with Crippen molar-refractivity contribution in [1.82, 2.24) is 5.32 Å². The second-order valence-corrected chi connectivity index (χ2v) is 5.63. The van der Waals surface area contributed by atoms with Crippen molar-refractivity contribution >= 4 is 0 Å². The summed E-state index contributed by atoms with van der Waals surface area (Å²) in [5.74, 6) is 0.850. The molecule has 0 amide bonds. The molecule has 0 radical (unpaired) electrons. The number of nitrogens with one attached hydrogen (secondary N) is 1. The van der Waals surface area contributed by atoms with E-state index in [0.29, 0.717) is 12.1 Å². The zero-order valence-electron chi connectivity index (χ0n) is 11.3. The van der Waals surface area contributed by atoms with Crippen molar-refractivity contribution in [1.29, 1.82) is 0 Å². The van der Waals surface area contributed by atoms with Gasteiger partial charge in [-0.25, -0.2) is 0 Å². The minimum Gasteiger partial charge on any atom is -0.328 e. The van der Waals surface area contributed by atoms with Crippen molar-refractivity contribution in [3.63, 3.8) is 0 Å². The number of hydrogen-bond acceptors (Lipinski definition) is 2. The molecule has 0 aromatic heterocycles. The molecule has 1 saturated carbocycles. The maximum absolute atomic E-state index is 5.93. The molecule has 1 aliphatic rings. The number of nitrogens with two attached hydrogens (primary N) is 1. The van der Waals surface area contributed by atoms with Gasteiger partial charge < -0.3 is 11.1 Å². The molecular formula is C14H30N2. The Kier molecular flexibility index (Phi) is 6.37. The average Bonchev–Trinajstić information content (AvgIpc) is 2.30. The van der Waals surface area contributed by atoms with Gasteiger partial charge in [-0.2, -0.15) is 0 Å². The number of hydrogen-bond donors (Lipinski definition) is 2. The highest BCUT2D eigenvalue weighted by Gasteiger charge is 2.21. The molecule has 0 bridgehead atoms. The fourth-order valence-electron chi connectivity index (χ4n) is 2.62. The van der Waals surface area contributed by atoms with E-state index >= 15 is 0 Å². The predicted octanol–water partition coefficient (Wildman–Crippen LogP) is 3.06. The van der Waals surface area contributed by atoms with E-state index in [9.17, 15) is 0 Å². The van der Waals surface area contributed by atoms with E-state index in [-0.39, 0.29) is 0 Å². The lowest BCUT2D eigenvalue weighted by atomic mass is 9.90. The maximum atomic E-state index is 5.93. The van der Waals surface area contributed by atoms with E-state index in [0.717, 1.165) is 12.0 Å². The summed E-state index contributed by atoms with van der Waals surface area (Å²) in [5.41, 5.74) is 5.93. The van der Waals surface area contributed by atoms with E-state index in [2.05, 4.69) is 26.1 Å². The first-order valence-corrected chi connectivity index (χ1v) is 7.17. The van der Waals surface area contributed by atoms with Gasteiger partial charge in [-0.3, -0.25) is 0 Å².